The van der Waals surface area contributed by atoms with Crippen LogP contribution in [0, 0.1) is 6.92 Å². The molecule has 0 unspecified atom stereocenters. The highest BCUT2D eigenvalue weighted by molar-refractivity contribution is 5.99. The van der Waals surface area contributed by atoms with Gasteiger partial charge in [0, 0.05) is 0 Å². The molecule has 0 heterocycles. The van der Waals surface area contributed by atoms with Crippen molar-refractivity contribution in [3.63, 3.8) is 0 Å². The van der Waals surface area contributed by atoms with Crippen LogP contribution in [0.2, 0.25) is 0 Å². The molecule has 0 saturated carbocycles. The molecule has 0 radical (unpaired) electrons. The average molecular weight is 296 g/mol. The standard InChI is InChI=1S/C18H20N2O2/c1-4-22-18(21)16-9-11-17(12-10-16)20-19-14(3)15-7-5-13(2)6-8-15/h5-12,20H,4H2,1-3H3. The van der Waals surface area contributed by atoms with Crippen LogP contribution in [-0.2, 0) is 4.74 Å². The summed E-state index contributed by atoms with van der Waals surface area (Å²) >= 11 is 0. The molecule has 0 spiro atoms. The highest BCUT2D eigenvalue weighted by Gasteiger charge is 2.05. The molecule has 1 N–H and O–H groups in total. The van der Waals surface area contributed by atoms with E-state index in [-0.39, 0.29) is 5.97 Å². The molecule has 2 aromatic carbocycles. The molecule has 22 heavy (non-hydrogen) atoms. The van der Waals surface area contributed by atoms with Gasteiger partial charge in [-0.25, -0.2) is 4.79 Å². The lowest BCUT2D eigenvalue weighted by Crippen LogP contribution is -2.04. The smallest absolute Gasteiger partial charge is 0.338 e. The summed E-state index contributed by atoms with van der Waals surface area (Å²) < 4.78 is 4.95. The molecule has 2 aromatic rings. The maximum Gasteiger partial charge on any atom is 0.338 e. The minimum Gasteiger partial charge on any atom is -0.462 e. The van der Waals surface area contributed by atoms with E-state index in [4.69, 9.17) is 4.74 Å². The van der Waals surface area contributed by atoms with E-state index in [0.717, 1.165) is 17.0 Å². The number of nitrogens with zero attached hydrogens (tertiary/aromatic N) is 1. The first-order valence-electron chi connectivity index (χ1n) is 7.24. The van der Waals surface area contributed by atoms with Crippen molar-refractivity contribution in [3.8, 4) is 0 Å². The lowest BCUT2D eigenvalue weighted by Gasteiger charge is -2.05. The van der Waals surface area contributed by atoms with Crippen LogP contribution >= 0.6 is 0 Å². The number of aryl methyl sites for hydroxylation is 1. The van der Waals surface area contributed by atoms with E-state index in [1.54, 1.807) is 31.2 Å². The average Bonchev–Trinajstić information content (AvgIpc) is 2.54. The van der Waals surface area contributed by atoms with Gasteiger partial charge in [0.05, 0.1) is 23.6 Å². The molecule has 2 rings (SSSR count). The molecule has 4 nitrogen and oxygen atoms in total. The van der Waals surface area contributed by atoms with Crippen molar-refractivity contribution in [2.24, 2.45) is 5.10 Å². The fourth-order valence-electron chi connectivity index (χ4n) is 1.90. The molecule has 0 bridgehead atoms. The summed E-state index contributed by atoms with van der Waals surface area (Å²) in [5, 5.41) is 4.36. The van der Waals surface area contributed by atoms with Crippen LogP contribution in [0.15, 0.2) is 53.6 Å². The first-order valence-corrected chi connectivity index (χ1v) is 7.24. The van der Waals surface area contributed by atoms with Crippen molar-refractivity contribution >= 4 is 17.4 Å². The number of hydrogen-bond donors (Lipinski definition) is 1. The van der Waals surface area contributed by atoms with Gasteiger partial charge in [0.2, 0.25) is 0 Å². The van der Waals surface area contributed by atoms with Crippen LogP contribution in [-0.4, -0.2) is 18.3 Å². The van der Waals surface area contributed by atoms with Gasteiger partial charge in [-0.3, -0.25) is 5.43 Å². The van der Waals surface area contributed by atoms with E-state index in [2.05, 4.69) is 29.6 Å². The Morgan fingerprint density at radius 2 is 1.64 bits per heavy atom. The first-order chi connectivity index (χ1) is 10.6. The number of esters is 1. The number of carbonyl (C=O) groups is 1. The van der Waals surface area contributed by atoms with Crippen molar-refractivity contribution < 1.29 is 9.53 Å². The Morgan fingerprint density at radius 1 is 1.05 bits per heavy atom. The predicted octanol–water partition coefficient (Wildman–Crippen LogP) is 4.01. The summed E-state index contributed by atoms with van der Waals surface area (Å²) in [6.45, 7) is 6.17. The highest BCUT2D eigenvalue weighted by atomic mass is 16.5. The molecular formula is C18H20N2O2. The van der Waals surface area contributed by atoms with E-state index in [0.29, 0.717) is 12.2 Å². The normalized spacial score (nSPS) is 11.1. The minimum absolute atomic E-state index is 0.312. The molecular weight excluding hydrogens is 276 g/mol. The van der Waals surface area contributed by atoms with Gasteiger partial charge >= 0.3 is 5.97 Å². The molecule has 0 amide bonds. The summed E-state index contributed by atoms with van der Waals surface area (Å²) in [6, 6.07) is 15.2. The third kappa shape index (κ3) is 4.19. The molecule has 4 heteroatoms. The zero-order valence-electron chi connectivity index (χ0n) is 13.1. The van der Waals surface area contributed by atoms with E-state index >= 15 is 0 Å². The Morgan fingerprint density at radius 3 is 2.23 bits per heavy atom. The molecule has 0 aliphatic heterocycles. The van der Waals surface area contributed by atoms with Crippen molar-refractivity contribution in [2.45, 2.75) is 20.8 Å². The van der Waals surface area contributed by atoms with Crippen molar-refractivity contribution in [1.82, 2.24) is 0 Å². The summed E-state index contributed by atoms with van der Waals surface area (Å²) in [5.74, 6) is -0.312. The predicted molar refractivity (Wildman–Crippen MR) is 89.4 cm³/mol. The molecule has 0 atom stereocenters. The van der Waals surface area contributed by atoms with Gasteiger partial charge in [-0.05, 0) is 50.6 Å². The fourth-order valence-corrected chi connectivity index (χ4v) is 1.90. The quantitative estimate of drug-likeness (QED) is 0.515. The van der Waals surface area contributed by atoms with Gasteiger partial charge in [0.15, 0.2) is 0 Å². The molecule has 0 aliphatic carbocycles. The maximum absolute atomic E-state index is 11.6. The Labute approximate surface area is 130 Å². The van der Waals surface area contributed by atoms with Crippen LogP contribution in [0.25, 0.3) is 0 Å². The molecule has 0 fully saturated rings. The van der Waals surface area contributed by atoms with E-state index < -0.39 is 0 Å². The van der Waals surface area contributed by atoms with Crippen LogP contribution in [0.5, 0.6) is 0 Å². The maximum atomic E-state index is 11.6. The van der Waals surface area contributed by atoms with Gasteiger partial charge in [-0.1, -0.05) is 29.8 Å². The van der Waals surface area contributed by atoms with Gasteiger partial charge in [-0.15, -0.1) is 0 Å². The SMILES string of the molecule is CCOC(=O)c1ccc(NN=C(C)c2ccc(C)cc2)cc1. The fraction of sp³-hybridized carbons (Fsp3) is 0.222. The number of hydrazone groups is 1. The third-order valence-corrected chi connectivity index (χ3v) is 3.22. The summed E-state index contributed by atoms with van der Waals surface area (Å²) in [6.07, 6.45) is 0. The first kappa shape index (κ1) is 15.8. The number of carbonyl (C=O) groups excluding carboxylic acids is 1. The van der Waals surface area contributed by atoms with Crippen LogP contribution in [0.3, 0.4) is 0 Å². The number of ether oxygens (including phenoxy) is 1. The number of anilines is 1. The second-order valence-electron chi connectivity index (χ2n) is 4.97. The van der Waals surface area contributed by atoms with Gasteiger partial charge < -0.3 is 4.74 Å². The van der Waals surface area contributed by atoms with E-state index in [9.17, 15) is 4.79 Å². The van der Waals surface area contributed by atoms with Crippen molar-refractivity contribution in [2.75, 3.05) is 12.0 Å². The lowest BCUT2D eigenvalue weighted by atomic mass is 10.1. The monoisotopic (exact) mass is 296 g/mol. The second kappa shape index (κ2) is 7.41. The third-order valence-electron chi connectivity index (χ3n) is 3.22. The van der Waals surface area contributed by atoms with Crippen LogP contribution in [0.4, 0.5) is 5.69 Å². The Bertz CT molecular complexity index is 658. The molecule has 0 saturated heterocycles. The lowest BCUT2D eigenvalue weighted by molar-refractivity contribution is 0.0526. The van der Waals surface area contributed by atoms with Gasteiger partial charge in [0.25, 0.3) is 0 Å². The number of hydrogen-bond acceptors (Lipinski definition) is 4. The molecule has 0 aliphatic rings. The van der Waals surface area contributed by atoms with Gasteiger partial charge in [-0.2, -0.15) is 5.10 Å². The van der Waals surface area contributed by atoms with E-state index in [1.807, 2.05) is 19.1 Å². The van der Waals surface area contributed by atoms with E-state index in [1.165, 1.54) is 5.56 Å². The number of benzene rings is 2. The number of nitrogens with one attached hydrogen (secondary N) is 1. The Hall–Kier alpha value is -2.62. The molecule has 114 valence electrons. The molecule has 0 aromatic heterocycles. The highest BCUT2D eigenvalue weighted by Crippen LogP contribution is 2.11. The summed E-state index contributed by atoms with van der Waals surface area (Å²) in [7, 11) is 0. The topological polar surface area (TPSA) is 50.7 Å². The Kier molecular flexibility index (Phi) is 5.31. The second-order valence-corrected chi connectivity index (χ2v) is 4.97. The summed E-state index contributed by atoms with van der Waals surface area (Å²) in [4.78, 5) is 11.6. The summed E-state index contributed by atoms with van der Waals surface area (Å²) in [5.41, 5.74) is 7.53. The van der Waals surface area contributed by atoms with Crippen molar-refractivity contribution in [3.05, 3.63) is 65.2 Å². The zero-order chi connectivity index (χ0) is 15.9. The van der Waals surface area contributed by atoms with Crippen LogP contribution in [0.1, 0.15) is 35.3 Å². The van der Waals surface area contributed by atoms with Crippen molar-refractivity contribution in [1.29, 1.82) is 0 Å². The van der Waals surface area contributed by atoms with Gasteiger partial charge in [0.1, 0.15) is 0 Å². The largest absolute Gasteiger partial charge is 0.462 e. The zero-order valence-corrected chi connectivity index (χ0v) is 13.1. The number of rotatable bonds is 5. The minimum atomic E-state index is -0.312. The Balaban J connectivity index is 2.03. The van der Waals surface area contributed by atoms with Crippen LogP contribution < -0.4 is 5.43 Å².